The van der Waals surface area contributed by atoms with Crippen LogP contribution in [0, 0.1) is 0 Å². The molecule has 0 aromatic heterocycles. The van der Waals surface area contributed by atoms with E-state index in [0.717, 1.165) is 27.5 Å². The van der Waals surface area contributed by atoms with Gasteiger partial charge in [0.2, 0.25) is 0 Å². The number of quaternary nitrogens is 2. The Morgan fingerprint density at radius 2 is 1.12 bits per heavy atom. The summed E-state index contributed by atoms with van der Waals surface area (Å²) in [5.74, 6) is 0. The fourth-order valence-electron chi connectivity index (χ4n) is 3.42. The molecule has 0 aliphatic heterocycles. The lowest BCUT2D eigenvalue weighted by Gasteiger charge is -2.49. The van der Waals surface area contributed by atoms with Gasteiger partial charge in [-0.2, -0.15) is 0 Å². The quantitative estimate of drug-likeness (QED) is 0.310. The van der Waals surface area contributed by atoms with Crippen molar-refractivity contribution in [2.45, 2.75) is 39.0 Å². The average Bonchev–Trinajstić information content (AvgIpc) is 2.36. The highest BCUT2D eigenvalue weighted by Crippen LogP contribution is 2.29. The molecule has 6 heteroatoms. The first-order chi connectivity index (χ1) is 10.0. The molecule has 24 heavy (non-hydrogen) atoms. The lowest BCUT2D eigenvalue weighted by atomic mass is 10.1. The van der Waals surface area contributed by atoms with Crippen LogP contribution in [0.3, 0.4) is 0 Å². The number of hydrogen-bond acceptors (Lipinski definition) is 2. The minimum atomic E-state index is 0. The molecule has 0 fully saturated rings. The number of nitrogen functional groups attached to an aromatic ring is 1. The van der Waals surface area contributed by atoms with E-state index < -0.39 is 0 Å². The van der Waals surface area contributed by atoms with E-state index in [-0.39, 0.29) is 24.8 Å². The molecule has 2 atom stereocenters. The number of benzene rings is 1. The van der Waals surface area contributed by atoms with Crippen LogP contribution < -0.4 is 35.4 Å². The molecule has 142 valence electrons. The van der Waals surface area contributed by atoms with Gasteiger partial charge in [0, 0.05) is 24.2 Å². The predicted molar refractivity (Wildman–Crippen MR) is 97.6 cm³/mol. The Balaban J connectivity index is 0. The Hall–Kier alpha value is -0.680. The van der Waals surface area contributed by atoms with E-state index in [0.29, 0.717) is 12.3 Å². The molecule has 0 radical (unpaired) electrons. The summed E-state index contributed by atoms with van der Waals surface area (Å²) in [6.45, 7) is 4.56. The van der Waals surface area contributed by atoms with Crippen LogP contribution in [0.25, 0.3) is 0 Å². The Bertz CT molecular complexity index is 441. The van der Waals surface area contributed by atoms with Crippen molar-refractivity contribution in [3.05, 3.63) is 24.3 Å². The third-order valence-corrected chi connectivity index (χ3v) is 4.35. The second kappa shape index (κ2) is 9.71. The van der Waals surface area contributed by atoms with Crippen LogP contribution in [-0.2, 0) is 0 Å². The highest BCUT2D eigenvalue weighted by molar-refractivity contribution is 5.53. The van der Waals surface area contributed by atoms with Crippen molar-refractivity contribution >= 4 is 11.4 Å². The van der Waals surface area contributed by atoms with Gasteiger partial charge in [-0.3, -0.25) is 4.90 Å². The zero-order valence-corrected chi connectivity index (χ0v) is 18.1. The second-order valence-corrected chi connectivity index (χ2v) is 8.01. The highest BCUT2D eigenvalue weighted by atomic mass is 35.5. The average molecular weight is 379 g/mol. The van der Waals surface area contributed by atoms with Crippen LogP contribution in [0.5, 0.6) is 0 Å². The van der Waals surface area contributed by atoms with Gasteiger partial charge in [0.25, 0.3) is 0 Å². The minimum absolute atomic E-state index is 0. The van der Waals surface area contributed by atoms with Gasteiger partial charge in [0.15, 0.2) is 12.3 Å². The zero-order valence-electron chi connectivity index (χ0n) is 16.6. The van der Waals surface area contributed by atoms with Gasteiger partial charge in [-0.25, -0.2) is 0 Å². The number of anilines is 2. The maximum absolute atomic E-state index is 5.89. The maximum atomic E-state index is 5.89. The highest BCUT2D eigenvalue weighted by Gasteiger charge is 2.39. The first-order valence-corrected chi connectivity index (χ1v) is 8.28. The van der Waals surface area contributed by atoms with Crippen LogP contribution in [0.1, 0.15) is 26.7 Å². The SMILES string of the molecule is CCC(N(c1ccc(N)cc1)C(CC)[N+](C)(C)C)[N+](C)(C)C.[Cl-].[Cl-]. The fraction of sp³-hybridized carbons (Fsp3) is 0.667. The largest absolute Gasteiger partial charge is 1.00 e. The van der Waals surface area contributed by atoms with Crippen molar-refractivity contribution < 1.29 is 33.8 Å². The molecule has 1 rings (SSSR count). The smallest absolute Gasteiger partial charge is 0.168 e. The fourth-order valence-corrected chi connectivity index (χ4v) is 3.42. The summed E-state index contributed by atoms with van der Waals surface area (Å²) in [6, 6.07) is 8.33. The number of rotatable bonds is 7. The molecule has 1 aromatic rings. The van der Waals surface area contributed by atoms with E-state index in [4.69, 9.17) is 5.73 Å². The van der Waals surface area contributed by atoms with Crippen LogP contribution in [-0.4, -0.2) is 63.6 Å². The van der Waals surface area contributed by atoms with Crippen molar-refractivity contribution in [3.63, 3.8) is 0 Å². The van der Waals surface area contributed by atoms with E-state index in [2.05, 4.69) is 73.2 Å². The standard InChI is InChI=1S/C18H36N4.2ClH/c1-9-17(21(3,4)5)20(18(10-2)22(6,7)8)16-13-11-15(19)12-14-16;;/h11-14,17-18H,9-10,19H2,1-8H3;2*1H/q+2;;/p-2. The number of nitrogens with zero attached hydrogens (tertiary/aromatic N) is 3. The molecule has 0 heterocycles. The van der Waals surface area contributed by atoms with Crippen LogP contribution in [0.15, 0.2) is 24.3 Å². The summed E-state index contributed by atoms with van der Waals surface area (Å²) in [6.07, 6.45) is 3.05. The third-order valence-electron chi connectivity index (χ3n) is 4.35. The second-order valence-electron chi connectivity index (χ2n) is 8.01. The van der Waals surface area contributed by atoms with E-state index in [1.54, 1.807) is 0 Å². The molecule has 0 bridgehead atoms. The monoisotopic (exact) mass is 378 g/mol. The zero-order chi connectivity index (χ0) is 17.1. The van der Waals surface area contributed by atoms with Gasteiger partial charge >= 0.3 is 0 Å². The summed E-state index contributed by atoms with van der Waals surface area (Å²) < 4.78 is 1.83. The summed E-state index contributed by atoms with van der Waals surface area (Å²) in [7, 11) is 13.7. The van der Waals surface area contributed by atoms with Crippen molar-refractivity contribution in [2.24, 2.45) is 0 Å². The number of halogens is 2. The lowest BCUT2D eigenvalue weighted by molar-refractivity contribution is -0.918. The van der Waals surface area contributed by atoms with Crippen LogP contribution in [0.4, 0.5) is 11.4 Å². The maximum Gasteiger partial charge on any atom is 0.168 e. The molecule has 2 unspecified atom stereocenters. The molecular weight excluding hydrogens is 343 g/mol. The van der Waals surface area contributed by atoms with Crippen molar-refractivity contribution in [3.8, 4) is 0 Å². The molecule has 4 nitrogen and oxygen atoms in total. The molecule has 0 saturated carbocycles. The van der Waals surface area contributed by atoms with Crippen molar-refractivity contribution in [1.82, 2.24) is 0 Å². The van der Waals surface area contributed by atoms with E-state index >= 15 is 0 Å². The molecule has 0 aliphatic carbocycles. The summed E-state index contributed by atoms with van der Waals surface area (Å²) >= 11 is 0. The molecule has 0 saturated heterocycles. The Labute approximate surface area is 161 Å². The van der Waals surface area contributed by atoms with Gasteiger partial charge in [0.05, 0.1) is 42.3 Å². The Morgan fingerprint density at radius 3 is 1.38 bits per heavy atom. The van der Waals surface area contributed by atoms with E-state index in [1.165, 1.54) is 5.69 Å². The molecule has 2 N–H and O–H groups in total. The Kier molecular flexibility index (Phi) is 10.3. The van der Waals surface area contributed by atoms with Gasteiger partial charge < -0.3 is 39.5 Å². The summed E-state index contributed by atoms with van der Waals surface area (Å²) in [5.41, 5.74) is 7.97. The number of nitrogens with two attached hydrogens (primary N) is 1. The Morgan fingerprint density at radius 1 is 0.792 bits per heavy atom. The first-order valence-electron chi connectivity index (χ1n) is 8.28. The van der Waals surface area contributed by atoms with E-state index in [9.17, 15) is 0 Å². The van der Waals surface area contributed by atoms with Gasteiger partial charge in [-0.15, -0.1) is 0 Å². The van der Waals surface area contributed by atoms with Crippen molar-refractivity contribution in [1.29, 1.82) is 0 Å². The summed E-state index contributed by atoms with van der Waals surface area (Å²) in [4.78, 5) is 2.60. The van der Waals surface area contributed by atoms with Crippen molar-refractivity contribution in [2.75, 3.05) is 52.9 Å². The third kappa shape index (κ3) is 6.32. The lowest BCUT2D eigenvalue weighted by Crippen LogP contribution is -3.00. The topological polar surface area (TPSA) is 29.3 Å². The summed E-state index contributed by atoms with van der Waals surface area (Å²) in [5, 5.41) is 0. The number of hydrogen-bond donors (Lipinski definition) is 1. The molecule has 0 spiro atoms. The molecule has 0 aliphatic rings. The van der Waals surface area contributed by atoms with E-state index in [1.807, 2.05) is 12.1 Å². The first kappa shape index (κ1) is 25.6. The normalized spacial score (nSPS) is 14.2. The molecule has 1 aromatic carbocycles. The molecule has 0 amide bonds. The molecular formula is C18H36Cl2N4. The van der Waals surface area contributed by atoms with Gasteiger partial charge in [-0.1, -0.05) is 13.8 Å². The minimum Gasteiger partial charge on any atom is -1.00 e. The van der Waals surface area contributed by atoms with Crippen LogP contribution in [0.2, 0.25) is 0 Å². The predicted octanol–water partition coefficient (Wildman–Crippen LogP) is -3.03. The van der Waals surface area contributed by atoms with Crippen LogP contribution >= 0.6 is 0 Å². The van der Waals surface area contributed by atoms with Gasteiger partial charge in [-0.05, 0) is 24.3 Å². The van der Waals surface area contributed by atoms with Gasteiger partial charge in [0.1, 0.15) is 0 Å².